The van der Waals surface area contributed by atoms with Crippen molar-refractivity contribution >= 4 is 22.3 Å². The molecule has 3 rings (SSSR count). The Balaban J connectivity index is 1.73. The summed E-state index contributed by atoms with van der Waals surface area (Å²) in [4.78, 5) is 8.57. The lowest BCUT2D eigenvalue weighted by Gasteiger charge is -2.10. The van der Waals surface area contributed by atoms with E-state index in [0.29, 0.717) is 16.7 Å². The van der Waals surface area contributed by atoms with Crippen molar-refractivity contribution in [1.29, 1.82) is 0 Å². The minimum absolute atomic E-state index is 0.106. The summed E-state index contributed by atoms with van der Waals surface area (Å²) in [5.41, 5.74) is 0.742. The minimum Gasteiger partial charge on any atom is -0.495 e. The quantitative estimate of drug-likeness (QED) is 0.733. The summed E-state index contributed by atoms with van der Waals surface area (Å²) in [5, 5.41) is 12.8. The molecule has 3 heterocycles. The Labute approximate surface area is 143 Å². The van der Waals surface area contributed by atoms with Crippen LogP contribution in [-0.4, -0.2) is 33.4 Å². The summed E-state index contributed by atoms with van der Waals surface area (Å²) in [7, 11) is 1.60. The van der Waals surface area contributed by atoms with Crippen LogP contribution in [0.5, 0.6) is 11.5 Å². The maximum absolute atomic E-state index is 5.65. The fraction of sp³-hybridized carbons (Fsp3) is 0.250. The summed E-state index contributed by atoms with van der Waals surface area (Å²) in [5.74, 6) is 2.11. The standard InChI is InChI=1S/C16H17N5O2S/c1-10(2)23-11-6-7-17-14(8-11)19-16-21-20-15(24-16)13-5-4-12(22-3)9-18-13/h4-10H,1-3H3,(H,17,19,21). The van der Waals surface area contributed by atoms with Gasteiger partial charge in [-0.3, -0.25) is 0 Å². The first kappa shape index (κ1) is 16.1. The average molecular weight is 343 g/mol. The molecule has 7 nitrogen and oxygen atoms in total. The average Bonchev–Trinajstić information content (AvgIpc) is 3.03. The maximum Gasteiger partial charge on any atom is 0.211 e. The van der Waals surface area contributed by atoms with E-state index < -0.39 is 0 Å². The van der Waals surface area contributed by atoms with Crippen molar-refractivity contribution in [3.63, 3.8) is 0 Å². The molecule has 8 heteroatoms. The molecule has 0 saturated carbocycles. The molecular weight excluding hydrogens is 326 g/mol. The minimum atomic E-state index is 0.106. The topological polar surface area (TPSA) is 82.1 Å². The van der Waals surface area contributed by atoms with Crippen molar-refractivity contribution in [2.45, 2.75) is 20.0 Å². The number of anilines is 2. The molecule has 24 heavy (non-hydrogen) atoms. The summed E-state index contributed by atoms with van der Waals surface area (Å²) in [6.07, 6.45) is 3.44. The van der Waals surface area contributed by atoms with Gasteiger partial charge in [0.05, 0.1) is 19.4 Å². The van der Waals surface area contributed by atoms with Gasteiger partial charge in [0.25, 0.3) is 0 Å². The molecule has 3 aromatic heterocycles. The van der Waals surface area contributed by atoms with Crippen LogP contribution in [0, 0.1) is 0 Å². The van der Waals surface area contributed by atoms with Crippen molar-refractivity contribution < 1.29 is 9.47 Å². The fourth-order valence-electron chi connectivity index (χ4n) is 1.94. The van der Waals surface area contributed by atoms with Crippen LogP contribution in [0.2, 0.25) is 0 Å². The van der Waals surface area contributed by atoms with Crippen molar-refractivity contribution in [2.24, 2.45) is 0 Å². The molecule has 1 N–H and O–H groups in total. The molecule has 0 aromatic carbocycles. The second-order valence-electron chi connectivity index (χ2n) is 5.16. The monoisotopic (exact) mass is 343 g/mol. The second kappa shape index (κ2) is 7.22. The molecule has 0 saturated heterocycles. The van der Waals surface area contributed by atoms with Crippen LogP contribution in [0.1, 0.15) is 13.8 Å². The Morgan fingerprint density at radius 1 is 1.08 bits per heavy atom. The zero-order valence-electron chi connectivity index (χ0n) is 13.6. The molecule has 0 fully saturated rings. The van der Waals surface area contributed by atoms with Gasteiger partial charge in [0.15, 0.2) is 5.01 Å². The van der Waals surface area contributed by atoms with E-state index in [0.717, 1.165) is 16.5 Å². The molecule has 0 bridgehead atoms. The lowest BCUT2D eigenvalue weighted by atomic mass is 10.3. The number of pyridine rings is 2. The van der Waals surface area contributed by atoms with Crippen molar-refractivity contribution in [3.8, 4) is 22.2 Å². The molecule has 0 aliphatic carbocycles. The van der Waals surface area contributed by atoms with E-state index in [1.54, 1.807) is 19.5 Å². The molecule has 0 aliphatic rings. The molecule has 0 radical (unpaired) electrons. The Kier molecular flexibility index (Phi) is 4.85. The molecular formula is C16H17N5O2S. The lowest BCUT2D eigenvalue weighted by Crippen LogP contribution is -2.05. The van der Waals surface area contributed by atoms with Crippen LogP contribution in [0.3, 0.4) is 0 Å². The van der Waals surface area contributed by atoms with Gasteiger partial charge in [0.2, 0.25) is 5.13 Å². The SMILES string of the molecule is COc1ccc(-c2nnc(Nc3cc(OC(C)C)ccn3)s2)nc1. The molecule has 0 amide bonds. The van der Waals surface area contributed by atoms with Gasteiger partial charge in [0.1, 0.15) is 23.0 Å². The van der Waals surface area contributed by atoms with Crippen molar-refractivity contribution in [3.05, 3.63) is 36.7 Å². The third kappa shape index (κ3) is 3.96. The highest BCUT2D eigenvalue weighted by molar-refractivity contribution is 7.18. The fourth-order valence-corrected chi connectivity index (χ4v) is 2.67. The van der Waals surface area contributed by atoms with Crippen LogP contribution >= 0.6 is 11.3 Å². The van der Waals surface area contributed by atoms with E-state index in [9.17, 15) is 0 Å². The predicted molar refractivity (Wildman–Crippen MR) is 93.0 cm³/mol. The number of aromatic nitrogens is 4. The van der Waals surface area contributed by atoms with Gasteiger partial charge >= 0.3 is 0 Å². The highest BCUT2D eigenvalue weighted by Crippen LogP contribution is 2.28. The van der Waals surface area contributed by atoms with Crippen LogP contribution in [0.4, 0.5) is 10.9 Å². The van der Waals surface area contributed by atoms with Crippen LogP contribution in [0.15, 0.2) is 36.7 Å². The summed E-state index contributed by atoms with van der Waals surface area (Å²) >= 11 is 1.40. The molecule has 0 unspecified atom stereocenters. The van der Waals surface area contributed by atoms with E-state index in [1.165, 1.54) is 11.3 Å². The van der Waals surface area contributed by atoms with E-state index in [-0.39, 0.29) is 6.10 Å². The first-order chi connectivity index (χ1) is 11.6. The zero-order valence-corrected chi connectivity index (χ0v) is 14.4. The maximum atomic E-state index is 5.65. The molecule has 0 spiro atoms. The first-order valence-corrected chi connectivity index (χ1v) is 8.19. The normalized spacial score (nSPS) is 10.7. The zero-order chi connectivity index (χ0) is 16.9. The van der Waals surface area contributed by atoms with Gasteiger partial charge in [-0.05, 0) is 32.0 Å². The molecule has 0 atom stereocenters. The molecule has 3 aromatic rings. The third-order valence-electron chi connectivity index (χ3n) is 2.95. The predicted octanol–water partition coefficient (Wildman–Crippen LogP) is 3.53. The van der Waals surface area contributed by atoms with Gasteiger partial charge in [-0.1, -0.05) is 11.3 Å². The molecule has 124 valence electrons. The number of hydrogen-bond donors (Lipinski definition) is 1. The van der Waals surface area contributed by atoms with Gasteiger partial charge in [-0.15, -0.1) is 10.2 Å². The Morgan fingerprint density at radius 2 is 1.96 bits per heavy atom. The highest BCUT2D eigenvalue weighted by Gasteiger charge is 2.09. The molecule has 0 aliphatic heterocycles. The Bertz CT molecular complexity index is 804. The number of ether oxygens (including phenoxy) is 2. The second-order valence-corrected chi connectivity index (χ2v) is 6.14. The van der Waals surface area contributed by atoms with Gasteiger partial charge in [-0.2, -0.15) is 0 Å². The van der Waals surface area contributed by atoms with E-state index >= 15 is 0 Å². The smallest absolute Gasteiger partial charge is 0.211 e. The summed E-state index contributed by atoms with van der Waals surface area (Å²) in [6.45, 7) is 3.96. The van der Waals surface area contributed by atoms with Gasteiger partial charge in [-0.25, -0.2) is 9.97 Å². The van der Waals surface area contributed by atoms with Crippen molar-refractivity contribution in [2.75, 3.05) is 12.4 Å². The summed E-state index contributed by atoms with van der Waals surface area (Å²) in [6, 6.07) is 7.33. The first-order valence-electron chi connectivity index (χ1n) is 7.37. The van der Waals surface area contributed by atoms with E-state index in [2.05, 4.69) is 25.5 Å². The Hall–Kier alpha value is -2.74. The van der Waals surface area contributed by atoms with Crippen molar-refractivity contribution in [1.82, 2.24) is 20.2 Å². The van der Waals surface area contributed by atoms with Gasteiger partial charge in [0, 0.05) is 12.3 Å². The Morgan fingerprint density at radius 3 is 2.67 bits per heavy atom. The van der Waals surface area contributed by atoms with Gasteiger partial charge < -0.3 is 14.8 Å². The number of methoxy groups -OCH3 is 1. The van der Waals surface area contributed by atoms with Crippen LogP contribution in [0.25, 0.3) is 10.7 Å². The van der Waals surface area contributed by atoms with Crippen LogP contribution < -0.4 is 14.8 Å². The largest absolute Gasteiger partial charge is 0.495 e. The summed E-state index contributed by atoms with van der Waals surface area (Å²) < 4.78 is 10.8. The third-order valence-corrected chi connectivity index (χ3v) is 3.82. The number of nitrogens with one attached hydrogen (secondary N) is 1. The van der Waals surface area contributed by atoms with E-state index in [4.69, 9.17) is 9.47 Å². The highest BCUT2D eigenvalue weighted by atomic mass is 32.1. The number of rotatable bonds is 6. The number of nitrogens with zero attached hydrogens (tertiary/aromatic N) is 4. The number of hydrogen-bond acceptors (Lipinski definition) is 8. The van der Waals surface area contributed by atoms with Crippen LogP contribution in [-0.2, 0) is 0 Å². The van der Waals surface area contributed by atoms with E-state index in [1.807, 2.05) is 38.1 Å². The lowest BCUT2D eigenvalue weighted by molar-refractivity contribution is 0.242.